The van der Waals surface area contributed by atoms with Crippen LogP contribution in [0.25, 0.3) is 16.5 Å². The highest BCUT2D eigenvalue weighted by atomic mass is 32.1. The van der Waals surface area contributed by atoms with Crippen LogP contribution in [0, 0.1) is 13.8 Å². The molecule has 0 saturated carbocycles. The molecule has 5 rings (SSSR count). The Morgan fingerprint density at radius 2 is 1.71 bits per heavy atom. The lowest BCUT2D eigenvalue weighted by molar-refractivity contribution is 0.0741. The maximum Gasteiger partial charge on any atom is 0.280 e. The molecule has 0 N–H and O–H groups in total. The molecule has 174 valence electrons. The zero-order chi connectivity index (χ0) is 23.8. The number of carbonyl (C=O) groups excluding carboxylic acids is 1. The van der Waals surface area contributed by atoms with Gasteiger partial charge in [0.05, 0.1) is 30.1 Å². The number of aromatic nitrogens is 3. The molecule has 0 aliphatic carbocycles. The van der Waals surface area contributed by atoms with Crippen LogP contribution in [0.4, 0.5) is 5.69 Å². The fraction of sp³-hybridized carbons (Fsp3) is 0.280. The van der Waals surface area contributed by atoms with E-state index >= 15 is 0 Å². The predicted molar refractivity (Wildman–Crippen MR) is 134 cm³/mol. The Morgan fingerprint density at radius 3 is 2.35 bits per heavy atom. The van der Waals surface area contributed by atoms with Gasteiger partial charge in [-0.15, -0.1) is 11.3 Å². The van der Waals surface area contributed by atoms with Crippen molar-refractivity contribution < 1.29 is 9.53 Å². The summed E-state index contributed by atoms with van der Waals surface area (Å²) >= 11 is 1.46. The first-order valence-electron chi connectivity index (χ1n) is 11.1. The molecule has 1 aliphatic rings. The van der Waals surface area contributed by atoms with Crippen molar-refractivity contribution in [1.29, 1.82) is 0 Å². The molecule has 8 nitrogen and oxygen atoms in total. The summed E-state index contributed by atoms with van der Waals surface area (Å²) in [5.74, 6) is 0.522. The standard InChI is InChI=1S/C25H25N5O3S/c1-16-4-5-19(14-26-16)28-10-12-29(13-11-28)25(32)23-21-15-34-17(2)22(21)24(31)30(27-23)18-6-8-20(33-3)9-7-18/h4-9,14-15H,10-13H2,1-3H3. The Bertz CT molecular complexity index is 1400. The summed E-state index contributed by atoms with van der Waals surface area (Å²) in [7, 11) is 1.59. The van der Waals surface area contributed by atoms with E-state index in [9.17, 15) is 9.59 Å². The molecule has 0 atom stereocenters. The third kappa shape index (κ3) is 3.92. The molecule has 1 saturated heterocycles. The number of thiophene rings is 1. The second-order valence-electron chi connectivity index (χ2n) is 8.28. The van der Waals surface area contributed by atoms with Crippen LogP contribution in [0.3, 0.4) is 0 Å². The van der Waals surface area contributed by atoms with Gasteiger partial charge < -0.3 is 14.5 Å². The maximum atomic E-state index is 13.6. The van der Waals surface area contributed by atoms with E-state index in [0.29, 0.717) is 54.1 Å². The molecular formula is C25H25N5O3S. The number of ether oxygens (including phenoxy) is 1. The average molecular weight is 476 g/mol. The number of hydrogen-bond acceptors (Lipinski definition) is 7. The van der Waals surface area contributed by atoms with Crippen LogP contribution in [0.2, 0.25) is 0 Å². The van der Waals surface area contributed by atoms with Crippen molar-refractivity contribution in [1.82, 2.24) is 19.7 Å². The van der Waals surface area contributed by atoms with Crippen LogP contribution < -0.4 is 15.2 Å². The first kappa shape index (κ1) is 22.1. The highest BCUT2D eigenvalue weighted by Crippen LogP contribution is 2.26. The van der Waals surface area contributed by atoms with Crippen LogP contribution in [0.15, 0.2) is 52.8 Å². The van der Waals surface area contributed by atoms with E-state index < -0.39 is 0 Å². The number of aryl methyl sites for hydroxylation is 2. The van der Waals surface area contributed by atoms with Gasteiger partial charge in [0.15, 0.2) is 5.69 Å². The molecule has 0 unspecified atom stereocenters. The fourth-order valence-electron chi connectivity index (χ4n) is 4.22. The largest absolute Gasteiger partial charge is 0.497 e. The van der Waals surface area contributed by atoms with Crippen LogP contribution in [-0.2, 0) is 0 Å². The summed E-state index contributed by atoms with van der Waals surface area (Å²) in [5.41, 5.74) is 2.70. The monoisotopic (exact) mass is 475 g/mol. The van der Waals surface area contributed by atoms with Gasteiger partial charge in [0, 0.05) is 47.5 Å². The summed E-state index contributed by atoms with van der Waals surface area (Å²) in [4.78, 5) is 36.2. The van der Waals surface area contributed by atoms with Crippen LogP contribution in [0.5, 0.6) is 5.75 Å². The molecule has 0 bridgehead atoms. The minimum atomic E-state index is -0.229. The molecule has 1 aliphatic heterocycles. The number of anilines is 1. The van der Waals surface area contributed by atoms with Gasteiger partial charge in [-0.05, 0) is 50.2 Å². The summed E-state index contributed by atoms with van der Waals surface area (Å²) in [5, 5.41) is 7.58. The third-order valence-corrected chi connectivity index (χ3v) is 7.09. The number of piperazine rings is 1. The number of nitrogens with zero attached hydrogens (tertiary/aromatic N) is 5. The molecule has 1 fully saturated rings. The lowest BCUT2D eigenvalue weighted by atomic mass is 10.1. The van der Waals surface area contributed by atoms with E-state index in [-0.39, 0.29) is 11.5 Å². The second kappa shape index (κ2) is 8.90. The molecule has 3 aromatic heterocycles. The first-order chi connectivity index (χ1) is 16.5. The van der Waals surface area contributed by atoms with Gasteiger partial charge in [0.2, 0.25) is 0 Å². The van der Waals surface area contributed by atoms with E-state index in [1.807, 2.05) is 36.4 Å². The molecular weight excluding hydrogens is 450 g/mol. The van der Waals surface area contributed by atoms with E-state index in [4.69, 9.17) is 4.74 Å². The van der Waals surface area contributed by atoms with Crippen LogP contribution in [-0.4, -0.2) is 58.9 Å². The van der Waals surface area contributed by atoms with Crippen molar-refractivity contribution in [2.75, 3.05) is 38.2 Å². The number of carbonyl (C=O) groups is 1. The fourth-order valence-corrected chi connectivity index (χ4v) is 5.06. The minimum absolute atomic E-state index is 0.160. The number of amides is 1. The Morgan fingerprint density at radius 1 is 1.00 bits per heavy atom. The predicted octanol–water partition coefficient (Wildman–Crippen LogP) is 3.43. The highest BCUT2D eigenvalue weighted by Gasteiger charge is 2.27. The second-order valence-corrected chi connectivity index (χ2v) is 9.36. The average Bonchev–Trinajstić information content (AvgIpc) is 3.26. The van der Waals surface area contributed by atoms with E-state index in [0.717, 1.165) is 16.3 Å². The lowest BCUT2D eigenvalue weighted by Gasteiger charge is -2.35. The molecule has 0 radical (unpaired) electrons. The van der Waals surface area contributed by atoms with Crippen molar-refractivity contribution in [3.8, 4) is 11.4 Å². The van der Waals surface area contributed by atoms with Gasteiger partial charge in [-0.1, -0.05) is 0 Å². The molecule has 4 heterocycles. The third-order valence-electron chi connectivity index (χ3n) is 6.18. The number of methoxy groups -OCH3 is 1. The Labute approximate surface area is 201 Å². The summed E-state index contributed by atoms with van der Waals surface area (Å²) in [6, 6.07) is 11.1. The molecule has 9 heteroatoms. The van der Waals surface area contributed by atoms with E-state index in [1.165, 1.54) is 16.0 Å². The maximum absolute atomic E-state index is 13.6. The zero-order valence-corrected chi connectivity index (χ0v) is 20.1. The summed E-state index contributed by atoms with van der Waals surface area (Å²) in [6.07, 6.45) is 1.87. The minimum Gasteiger partial charge on any atom is -0.497 e. The van der Waals surface area contributed by atoms with Gasteiger partial charge in [-0.2, -0.15) is 9.78 Å². The van der Waals surface area contributed by atoms with Gasteiger partial charge in [0.1, 0.15) is 5.75 Å². The smallest absolute Gasteiger partial charge is 0.280 e. The zero-order valence-electron chi connectivity index (χ0n) is 19.3. The van der Waals surface area contributed by atoms with Gasteiger partial charge in [-0.3, -0.25) is 14.6 Å². The van der Waals surface area contributed by atoms with Gasteiger partial charge in [-0.25, -0.2) is 0 Å². The molecule has 0 spiro atoms. The Kier molecular flexibility index (Phi) is 5.79. The van der Waals surface area contributed by atoms with Gasteiger partial charge in [0.25, 0.3) is 11.5 Å². The molecule has 4 aromatic rings. The molecule has 1 amide bonds. The quantitative estimate of drug-likeness (QED) is 0.450. The number of fused-ring (bicyclic) bond motifs is 1. The highest BCUT2D eigenvalue weighted by molar-refractivity contribution is 7.11. The Hall–Kier alpha value is -3.72. The SMILES string of the molecule is COc1ccc(-n2nc(C(=O)N3CCN(c4ccc(C)nc4)CC3)c3csc(C)c3c2=O)cc1. The van der Waals surface area contributed by atoms with Crippen molar-refractivity contribution in [3.63, 3.8) is 0 Å². The normalized spacial score (nSPS) is 14.0. The number of rotatable bonds is 4. The number of pyridine rings is 1. The number of benzene rings is 1. The topological polar surface area (TPSA) is 80.6 Å². The Balaban J connectivity index is 1.47. The summed E-state index contributed by atoms with van der Waals surface area (Å²) in [6.45, 7) is 6.42. The van der Waals surface area contributed by atoms with Crippen LogP contribution >= 0.6 is 11.3 Å². The van der Waals surface area contributed by atoms with E-state index in [1.54, 1.807) is 31.4 Å². The number of hydrogen-bond donors (Lipinski definition) is 0. The van der Waals surface area contributed by atoms with Crippen molar-refractivity contribution in [2.45, 2.75) is 13.8 Å². The molecule has 1 aromatic carbocycles. The van der Waals surface area contributed by atoms with E-state index in [2.05, 4.69) is 21.0 Å². The van der Waals surface area contributed by atoms with Crippen molar-refractivity contribution in [3.05, 3.63) is 74.6 Å². The molecule has 34 heavy (non-hydrogen) atoms. The van der Waals surface area contributed by atoms with Crippen molar-refractivity contribution >= 4 is 33.7 Å². The first-order valence-corrected chi connectivity index (χ1v) is 12.0. The lowest BCUT2D eigenvalue weighted by Crippen LogP contribution is -2.49. The van der Waals surface area contributed by atoms with Crippen molar-refractivity contribution in [2.24, 2.45) is 0 Å². The van der Waals surface area contributed by atoms with Crippen LogP contribution in [0.1, 0.15) is 21.1 Å². The van der Waals surface area contributed by atoms with Gasteiger partial charge >= 0.3 is 0 Å². The summed E-state index contributed by atoms with van der Waals surface area (Å²) < 4.78 is 6.55.